The summed E-state index contributed by atoms with van der Waals surface area (Å²) in [7, 11) is 0. The number of pyridine rings is 1. The molecule has 0 spiro atoms. The van der Waals surface area contributed by atoms with Gasteiger partial charge in [-0.2, -0.15) is 0 Å². The van der Waals surface area contributed by atoms with Gasteiger partial charge in [-0.1, -0.05) is 18.2 Å². The van der Waals surface area contributed by atoms with E-state index in [-0.39, 0.29) is 5.97 Å². The highest BCUT2D eigenvalue weighted by molar-refractivity contribution is 5.92. The number of hydrogen-bond donors (Lipinski definition) is 0. The molecule has 116 valence electrons. The molecule has 0 amide bonds. The van der Waals surface area contributed by atoms with Gasteiger partial charge in [0.2, 0.25) is 0 Å². The summed E-state index contributed by atoms with van der Waals surface area (Å²) in [5.74, 6) is 0.219. The van der Waals surface area contributed by atoms with Crippen molar-refractivity contribution in [3.05, 3.63) is 59.4 Å². The predicted octanol–water partition coefficient (Wildman–Crippen LogP) is 3.58. The van der Waals surface area contributed by atoms with Gasteiger partial charge in [0.15, 0.2) is 0 Å². The van der Waals surface area contributed by atoms with Crippen LogP contribution in [0.15, 0.2) is 42.5 Å². The second-order valence-corrected chi connectivity index (χ2v) is 4.94. The van der Waals surface area contributed by atoms with Crippen LogP contribution in [-0.2, 0) is 11.2 Å². The summed E-state index contributed by atoms with van der Waals surface area (Å²) < 4.78 is 10.8. The first-order valence-corrected chi connectivity index (χ1v) is 7.52. The molecule has 1 aromatic heterocycles. The quantitative estimate of drug-likeness (QED) is 0.579. The van der Waals surface area contributed by atoms with Crippen LogP contribution in [0.25, 0.3) is 0 Å². The highest BCUT2D eigenvalue weighted by Gasteiger charge is 2.12. The molecule has 0 N–H and O–H groups in total. The molecule has 4 heteroatoms. The van der Waals surface area contributed by atoms with Gasteiger partial charge in [0.25, 0.3) is 0 Å². The van der Waals surface area contributed by atoms with Crippen molar-refractivity contribution in [2.24, 2.45) is 0 Å². The average molecular weight is 299 g/mol. The number of ether oxygens (including phenoxy) is 2. The molecule has 0 unspecified atom stereocenters. The summed E-state index contributed by atoms with van der Waals surface area (Å²) in [6.45, 7) is 4.74. The molecule has 2 aromatic rings. The van der Waals surface area contributed by atoms with Crippen molar-refractivity contribution < 1.29 is 14.3 Å². The first kappa shape index (κ1) is 16.0. The predicted molar refractivity (Wildman–Crippen MR) is 85.2 cm³/mol. The van der Waals surface area contributed by atoms with Crippen molar-refractivity contribution in [3.8, 4) is 5.75 Å². The Hall–Kier alpha value is -2.36. The summed E-state index contributed by atoms with van der Waals surface area (Å²) in [5.41, 5.74) is 2.49. The van der Waals surface area contributed by atoms with Gasteiger partial charge in [-0.15, -0.1) is 0 Å². The van der Waals surface area contributed by atoms with Crippen molar-refractivity contribution in [2.45, 2.75) is 26.7 Å². The Morgan fingerprint density at radius 3 is 2.73 bits per heavy atom. The van der Waals surface area contributed by atoms with Gasteiger partial charge in [-0.25, -0.2) is 4.79 Å². The Morgan fingerprint density at radius 2 is 1.95 bits per heavy atom. The minimum absolute atomic E-state index is 0.346. The number of aromatic nitrogens is 1. The summed E-state index contributed by atoms with van der Waals surface area (Å²) in [5, 5.41) is 0. The van der Waals surface area contributed by atoms with E-state index >= 15 is 0 Å². The molecule has 0 aliphatic rings. The lowest BCUT2D eigenvalue weighted by atomic mass is 10.2. The number of carbonyl (C=O) groups excluding carboxylic acids is 1. The van der Waals surface area contributed by atoms with Crippen molar-refractivity contribution in [3.63, 3.8) is 0 Å². The lowest BCUT2D eigenvalue weighted by Crippen LogP contribution is -2.09. The van der Waals surface area contributed by atoms with Crippen LogP contribution in [0.4, 0.5) is 0 Å². The molecule has 0 atom stereocenters. The van der Waals surface area contributed by atoms with Crippen LogP contribution in [0.2, 0.25) is 0 Å². The van der Waals surface area contributed by atoms with Crippen LogP contribution in [0, 0.1) is 6.92 Å². The van der Waals surface area contributed by atoms with E-state index in [1.165, 1.54) is 0 Å². The standard InChI is InChI=1S/C18H21NO3/c1-3-21-17-12-5-4-11-16(17)18(20)22-13-7-10-15-9-6-8-14(2)19-15/h4-6,8-9,11-12H,3,7,10,13H2,1-2H3. The van der Waals surface area contributed by atoms with Crippen molar-refractivity contribution in [2.75, 3.05) is 13.2 Å². The Kier molecular flexibility index (Phi) is 5.95. The molecule has 0 aliphatic carbocycles. The molecule has 0 saturated heterocycles. The smallest absolute Gasteiger partial charge is 0.341 e. The van der Waals surface area contributed by atoms with Crippen molar-refractivity contribution in [1.82, 2.24) is 4.98 Å². The fourth-order valence-electron chi connectivity index (χ4n) is 2.15. The summed E-state index contributed by atoms with van der Waals surface area (Å²) in [6.07, 6.45) is 1.54. The van der Waals surface area contributed by atoms with Gasteiger partial charge in [0, 0.05) is 11.4 Å². The maximum absolute atomic E-state index is 12.1. The van der Waals surface area contributed by atoms with Crippen LogP contribution < -0.4 is 4.74 Å². The lowest BCUT2D eigenvalue weighted by molar-refractivity contribution is 0.0496. The zero-order valence-corrected chi connectivity index (χ0v) is 13.0. The largest absolute Gasteiger partial charge is 0.493 e. The van der Waals surface area contributed by atoms with Gasteiger partial charge < -0.3 is 9.47 Å². The average Bonchev–Trinajstić information content (AvgIpc) is 2.52. The number of carbonyl (C=O) groups is 1. The van der Waals surface area contributed by atoms with Gasteiger partial charge in [-0.05, 0) is 51.0 Å². The van der Waals surface area contributed by atoms with E-state index in [1.54, 1.807) is 18.2 Å². The first-order chi connectivity index (χ1) is 10.7. The normalized spacial score (nSPS) is 10.3. The van der Waals surface area contributed by atoms with Crippen molar-refractivity contribution >= 4 is 5.97 Å². The molecule has 0 saturated carbocycles. The maximum Gasteiger partial charge on any atom is 0.341 e. The molecule has 1 heterocycles. The van der Waals surface area contributed by atoms with Crippen LogP contribution in [0.5, 0.6) is 5.75 Å². The Labute approximate surface area is 131 Å². The van der Waals surface area contributed by atoms with Gasteiger partial charge in [0.1, 0.15) is 11.3 Å². The summed E-state index contributed by atoms with van der Waals surface area (Å²) in [4.78, 5) is 16.5. The Balaban J connectivity index is 1.83. The Bertz CT molecular complexity index is 625. The number of esters is 1. The van der Waals surface area contributed by atoms with Crippen LogP contribution in [0.1, 0.15) is 35.1 Å². The Morgan fingerprint density at radius 1 is 1.14 bits per heavy atom. The zero-order valence-electron chi connectivity index (χ0n) is 13.0. The van der Waals surface area contributed by atoms with Crippen LogP contribution in [-0.4, -0.2) is 24.2 Å². The third kappa shape index (κ3) is 4.58. The van der Waals surface area contributed by atoms with Gasteiger partial charge in [-0.3, -0.25) is 4.98 Å². The molecule has 0 aliphatic heterocycles. The van der Waals surface area contributed by atoms with E-state index < -0.39 is 0 Å². The van der Waals surface area contributed by atoms with E-state index in [0.29, 0.717) is 24.5 Å². The monoisotopic (exact) mass is 299 g/mol. The molecule has 2 rings (SSSR count). The molecule has 0 bridgehead atoms. The first-order valence-electron chi connectivity index (χ1n) is 7.52. The number of benzene rings is 1. The van der Waals surface area contributed by atoms with E-state index in [1.807, 2.05) is 38.1 Å². The summed E-state index contributed by atoms with van der Waals surface area (Å²) in [6, 6.07) is 13.1. The molecular weight excluding hydrogens is 278 g/mol. The maximum atomic E-state index is 12.1. The zero-order chi connectivity index (χ0) is 15.8. The number of hydrogen-bond acceptors (Lipinski definition) is 4. The third-order valence-electron chi connectivity index (χ3n) is 3.16. The highest BCUT2D eigenvalue weighted by Crippen LogP contribution is 2.19. The third-order valence-corrected chi connectivity index (χ3v) is 3.16. The minimum Gasteiger partial charge on any atom is -0.493 e. The topological polar surface area (TPSA) is 48.4 Å². The molecule has 0 radical (unpaired) electrons. The molecular formula is C18H21NO3. The SMILES string of the molecule is CCOc1ccccc1C(=O)OCCCc1cccc(C)n1. The second-order valence-electron chi connectivity index (χ2n) is 4.94. The minimum atomic E-state index is -0.346. The number of nitrogens with zero attached hydrogens (tertiary/aromatic N) is 1. The molecule has 4 nitrogen and oxygen atoms in total. The van der Waals surface area contributed by atoms with Gasteiger partial charge >= 0.3 is 5.97 Å². The van der Waals surface area contributed by atoms with E-state index in [4.69, 9.17) is 9.47 Å². The number of rotatable bonds is 7. The molecule has 22 heavy (non-hydrogen) atoms. The second kappa shape index (κ2) is 8.17. The molecule has 0 fully saturated rings. The number of para-hydroxylation sites is 1. The molecule has 1 aromatic carbocycles. The lowest BCUT2D eigenvalue weighted by Gasteiger charge is -2.09. The van der Waals surface area contributed by atoms with E-state index in [9.17, 15) is 4.79 Å². The summed E-state index contributed by atoms with van der Waals surface area (Å²) >= 11 is 0. The van der Waals surface area contributed by atoms with Crippen molar-refractivity contribution in [1.29, 1.82) is 0 Å². The van der Waals surface area contributed by atoms with Gasteiger partial charge in [0.05, 0.1) is 13.2 Å². The van der Waals surface area contributed by atoms with E-state index in [2.05, 4.69) is 4.98 Å². The number of aryl methyl sites for hydroxylation is 2. The van der Waals surface area contributed by atoms with E-state index in [0.717, 1.165) is 24.2 Å². The van der Waals surface area contributed by atoms with Crippen LogP contribution in [0.3, 0.4) is 0 Å². The van der Waals surface area contributed by atoms with Crippen LogP contribution >= 0.6 is 0 Å². The fraction of sp³-hybridized carbons (Fsp3) is 0.333. The highest BCUT2D eigenvalue weighted by atomic mass is 16.5. The fourth-order valence-corrected chi connectivity index (χ4v) is 2.15.